The molecule has 1 aliphatic rings. The number of ether oxygens (including phenoxy) is 1. The molecular weight excluding hydrogens is 332 g/mol. The van der Waals surface area contributed by atoms with E-state index in [4.69, 9.17) is 4.74 Å². The Hall–Kier alpha value is -1.43. The number of methoxy groups -OCH3 is 1. The van der Waals surface area contributed by atoms with Crippen LogP contribution in [0.4, 0.5) is 0 Å². The van der Waals surface area contributed by atoms with E-state index in [9.17, 15) is 4.79 Å². The number of likely N-dealkylation sites (N-methyl/N-ethyl adjacent to an activating group) is 1. The van der Waals surface area contributed by atoms with Crippen LogP contribution >= 0.6 is 11.3 Å². The van der Waals surface area contributed by atoms with E-state index in [1.807, 2.05) is 18.2 Å². The summed E-state index contributed by atoms with van der Waals surface area (Å²) < 4.78 is 6.33. The lowest BCUT2D eigenvalue weighted by atomic mass is 9.85. The third kappa shape index (κ3) is 5.03. The topological polar surface area (TPSA) is 41.6 Å². The van der Waals surface area contributed by atoms with Gasteiger partial charge in [-0.2, -0.15) is 0 Å². The lowest BCUT2D eigenvalue weighted by Crippen LogP contribution is -2.40. The van der Waals surface area contributed by atoms with Gasteiger partial charge in [0.1, 0.15) is 0 Å². The molecule has 0 unspecified atom stereocenters. The van der Waals surface area contributed by atoms with Crippen LogP contribution in [0.3, 0.4) is 0 Å². The van der Waals surface area contributed by atoms with Crippen molar-refractivity contribution >= 4 is 27.3 Å². The molecule has 25 heavy (non-hydrogen) atoms. The van der Waals surface area contributed by atoms with Crippen molar-refractivity contribution in [2.24, 2.45) is 5.92 Å². The van der Waals surface area contributed by atoms with Crippen LogP contribution in [0, 0.1) is 5.92 Å². The van der Waals surface area contributed by atoms with Crippen LogP contribution < -0.4 is 5.32 Å². The van der Waals surface area contributed by atoms with Crippen LogP contribution in [0.15, 0.2) is 30.3 Å². The molecule has 1 fully saturated rings. The second-order valence-electron chi connectivity index (χ2n) is 7.11. The van der Waals surface area contributed by atoms with Crippen LogP contribution in [-0.2, 0) is 4.74 Å². The first-order valence-corrected chi connectivity index (χ1v) is 9.94. The van der Waals surface area contributed by atoms with Gasteiger partial charge in [0.2, 0.25) is 0 Å². The molecule has 0 spiro atoms. The number of rotatable bonds is 7. The smallest absolute Gasteiger partial charge is 0.261 e. The van der Waals surface area contributed by atoms with E-state index in [2.05, 4.69) is 29.4 Å². The van der Waals surface area contributed by atoms with E-state index in [1.54, 1.807) is 18.4 Å². The molecule has 1 aliphatic carbocycles. The molecule has 1 aromatic heterocycles. The lowest BCUT2D eigenvalue weighted by molar-refractivity contribution is 0.0915. The van der Waals surface area contributed by atoms with Crippen molar-refractivity contribution in [3.8, 4) is 0 Å². The van der Waals surface area contributed by atoms with Gasteiger partial charge in [-0.1, -0.05) is 24.6 Å². The number of benzene rings is 1. The molecule has 0 bridgehead atoms. The molecule has 1 N–H and O–H groups in total. The van der Waals surface area contributed by atoms with E-state index < -0.39 is 0 Å². The SMILES string of the molecule is COCCN(C)C[C@@H]1CCC[C@@H](NC(=O)c2cc3ccccc3s2)C1. The number of nitrogens with zero attached hydrogens (tertiary/aromatic N) is 1. The second kappa shape index (κ2) is 8.79. The van der Waals surface area contributed by atoms with Gasteiger partial charge in [0, 0.05) is 30.9 Å². The zero-order chi connectivity index (χ0) is 17.6. The van der Waals surface area contributed by atoms with Gasteiger partial charge < -0.3 is 15.0 Å². The monoisotopic (exact) mass is 360 g/mol. The van der Waals surface area contributed by atoms with E-state index >= 15 is 0 Å². The fourth-order valence-electron chi connectivity index (χ4n) is 3.72. The normalized spacial score (nSPS) is 20.9. The van der Waals surface area contributed by atoms with Crippen molar-refractivity contribution in [3.63, 3.8) is 0 Å². The maximum atomic E-state index is 12.6. The van der Waals surface area contributed by atoms with Crippen LogP contribution in [0.1, 0.15) is 35.4 Å². The number of carbonyl (C=O) groups excluding carboxylic acids is 1. The van der Waals surface area contributed by atoms with Gasteiger partial charge in [0.25, 0.3) is 5.91 Å². The first-order chi connectivity index (χ1) is 12.2. The summed E-state index contributed by atoms with van der Waals surface area (Å²) in [6.45, 7) is 2.82. The fraction of sp³-hybridized carbons (Fsp3) is 0.550. The summed E-state index contributed by atoms with van der Waals surface area (Å²) in [5.74, 6) is 0.739. The first kappa shape index (κ1) is 18.4. The highest BCUT2D eigenvalue weighted by Gasteiger charge is 2.25. The predicted molar refractivity (Wildman–Crippen MR) is 104 cm³/mol. The Bertz CT molecular complexity index is 667. The van der Waals surface area contributed by atoms with Crippen molar-refractivity contribution < 1.29 is 9.53 Å². The summed E-state index contributed by atoms with van der Waals surface area (Å²) in [6, 6.07) is 10.5. The summed E-state index contributed by atoms with van der Waals surface area (Å²) in [5.41, 5.74) is 0. The summed E-state index contributed by atoms with van der Waals surface area (Å²) in [4.78, 5) is 15.8. The highest BCUT2D eigenvalue weighted by atomic mass is 32.1. The number of hydrogen-bond donors (Lipinski definition) is 1. The summed E-state index contributed by atoms with van der Waals surface area (Å²) in [6.07, 6.45) is 4.62. The molecule has 0 saturated heterocycles. The van der Waals surface area contributed by atoms with Gasteiger partial charge in [0.05, 0.1) is 11.5 Å². The zero-order valence-electron chi connectivity index (χ0n) is 15.2. The number of nitrogens with one attached hydrogen (secondary N) is 1. The Balaban J connectivity index is 1.54. The molecule has 2 aromatic rings. The highest BCUT2D eigenvalue weighted by Crippen LogP contribution is 2.28. The quantitative estimate of drug-likeness (QED) is 0.817. The summed E-state index contributed by atoms with van der Waals surface area (Å²) in [7, 11) is 3.90. The van der Waals surface area contributed by atoms with E-state index in [0.29, 0.717) is 12.0 Å². The van der Waals surface area contributed by atoms with Crippen molar-refractivity contribution in [1.82, 2.24) is 10.2 Å². The molecule has 0 radical (unpaired) electrons. The molecule has 136 valence electrons. The highest BCUT2D eigenvalue weighted by molar-refractivity contribution is 7.20. The van der Waals surface area contributed by atoms with Crippen LogP contribution in [0.5, 0.6) is 0 Å². The molecule has 1 amide bonds. The molecule has 1 heterocycles. The average Bonchev–Trinajstić information content (AvgIpc) is 3.04. The molecule has 1 saturated carbocycles. The van der Waals surface area contributed by atoms with Crippen molar-refractivity contribution in [2.45, 2.75) is 31.7 Å². The Kier molecular flexibility index (Phi) is 6.45. The van der Waals surface area contributed by atoms with Crippen LogP contribution in [0.25, 0.3) is 10.1 Å². The minimum Gasteiger partial charge on any atom is -0.383 e. The summed E-state index contributed by atoms with van der Waals surface area (Å²) in [5, 5.41) is 4.42. The van der Waals surface area contributed by atoms with Crippen LogP contribution in [0.2, 0.25) is 0 Å². The molecule has 3 rings (SSSR count). The van der Waals surface area contributed by atoms with E-state index in [-0.39, 0.29) is 5.91 Å². The maximum Gasteiger partial charge on any atom is 0.261 e. The summed E-state index contributed by atoms with van der Waals surface area (Å²) >= 11 is 1.58. The van der Waals surface area contributed by atoms with Gasteiger partial charge in [-0.3, -0.25) is 4.79 Å². The largest absolute Gasteiger partial charge is 0.383 e. The van der Waals surface area contributed by atoms with Crippen molar-refractivity contribution in [2.75, 3.05) is 33.9 Å². The second-order valence-corrected chi connectivity index (χ2v) is 8.19. The number of amides is 1. The van der Waals surface area contributed by atoms with Crippen LogP contribution in [-0.4, -0.2) is 50.7 Å². The number of carbonyl (C=O) groups is 1. The molecule has 0 aliphatic heterocycles. The molecule has 5 heteroatoms. The number of fused-ring (bicyclic) bond motifs is 1. The molecule has 4 nitrogen and oxygen atoms in total. The Morgan fingerprint density at radius 1 is 1.36 bits per heavy atom. The van der Waals surface area contributed by atoms with E-state index in [1.165, 1.54) is 17.5 Å². The minimum absolute atomic E-state index is 0.0830. The Morgan fingerprint density at radius 2 is 2.20 bits per heavy atom. The van der Waals surface area contributed by atoms with Crippen molar-refractivity contribution in [1.29, 1.82) is 0 Å². The Morgan fingerprint density at radius 3 is 3.00 bits per heavy atom. The maximum absolute atomic E-state index is 12.6. The lowest BCUT2D eigenvalue weighted by Gasteiger charge is -2.32. The zero-order valence-corrected chi connectivity index (χ0v) is 16.0. The van der Waals surface area contributed by atoms with Crippen molar-refractivity contribution in [3.05, 3.63) is 35.2 Å². The minimum atomic E-state index is 0.0830. The number of thiophene rings is 1. The standard InChI is InChI=1S/C20H28N2O2S/c1-22(10-11-24-2)14-15-6-5-8-17(12-15)21-20(23)19-13-16-7-3-4-9-18(16)25-19/h3-4,7,9,13,15,17H,5-6,8,10-12,14H2,1-2H3,(H,21,23)/t15-,17-/m1/s1. The molecule has 2 atom stereocenters. The first-order valence-electron chi connectivity index (χ1n) is 9.12. The fourth-order valence-corrected chi connectivity index (χ4v) is 4.68. The predicted octanol–water partition coefficient (Wildman–Crippen LogP) is 3.77. The van der Waals surface area contributed by atoms with Gasteiger partial charge in [-0.15, -0.1) is 11.3 Å². The average molecular weight is 361 g/mol. The van der Waals surface area contributed by atoms with E-state index in [0.717, 1.165) is 42.8 Å². The third-order valence-corrected chi connectivity index (χ3v) is 6.13. The van der Waals surface area contributed by atoms with Gasteiger partial charge >= 0.3 is 0 Å². The van der Waals surface area contributed by atoms with Gasteiger partial charge in [0.15, 0.2) is 0 Å². The third-order valence-electron chi connectivity index (χ3n) is 5.01. The molecular formula is C20H28N2O2S. The Labute approximate surface area is 154 Å². The van der Waals surface area contributed by atoms with Gasteiger partial charge in [-0.25, -0.2) is 0 Å². The number of hydrogen-bond acceptors (Lipinski definition) is 4. The molecule has 1 aromatic carbocycles. The van der Waals surface area contributed by atoms with Gasteiger partial charge in [-0.05, 0) is 49.7 Å².